The highest BCUT2D eigenvalue weighted by atomic mass is 16.5. The number of hydrogen-bond donors (Lipinski definition) is 2. The number of hydrogen-bond acceptors (Lipinski definition) is 7. The Balaban J connectivity index is 2.54. The van der Waals surface area contributed by atoms with Gasteiger partial charge in [-0.3, -0.25) is 14.5 Å². The van der Waals surface area contributed by atoms with E-state index in [0.29, 0.717) is 17.5 Å². The lowest BCUT2D eigenvalue weighted by Gasteiger charge is -2.27. The van der Waals surface area contributed by atoms with Gasteiger partial charge >= 0.3 is 5.97 Å². The number of ketones is 1. The molecule has 1 aliphatic heterocycles. The number of phenolic OH excluding ortho intramolecular Hbond substituents is 1. The van der Waals surface area contributed by atoms with E-state index in [1.54, 1.807) is 6.07 Å². The number of Topliss-reactive ketones (excluding diaryl/α,β-unsaturated/α-hetero) is 1. The van der Waals surface area contributed by atoms with Crippen LogP contribution in [0.1, 0.15) is 47.7 Å². The van der Waals surface area contributed by atoms with E-state index in [1.807, 2.05) is 11.9 Å². The Morgan fingerprint density at radius 2 is 2.04 bits per heavy atom. The fourth-order valence-corrected chi connectivity index (χ4v) is 3.55. The molecule has 0 aliphatic carbocycles. The summed E-state index contributed by atoms with van der Waals surface area (Å²) in [5, 5.41) is 20.6. The van der Waals surface area contributed by atoms with Crippen molar-refractivity contribution in [1.29, 1.82) is 0 Å². The van der Waals surface area contributed by atoms with Gasteiger partial charge in [0.05, 0.1) is 19.8 Å². The summed E-state index contributed by atoms with van der Waals surface area (Å²) >= 11 is 0. The summed E-state index contributed by atoms with van der Waals surface area (Å²) in [7, 11) is 3.33. The first-order valence-electron chi connectivity index (χ1n) is 8.19. The maximum atomic E-state index is 12.0. The first-order valence-corrected chi connectivity index (χ1v) is 8.19. The molecular formula is C18H25NO6. The molecule has 2 N–H and O–H groups in total. The zero-order valence-corrected chi connectivity index (χ0v) is 15.0. The van der Waals surface area contributed by atoms with Gasteiger partial charge in [0.1, 0.15) is 23.7 Å². The fourth-order valence-electron chi connectivity index (χ4n) is 3.55. The van der Waals surface area contributed by atoms with Crippen molar-refractivity contribution in [2.45, 2.75) is 38.8 Å². The monoisotopic (exact) mass is 351 g/mol. The second-order valence-corrected chi connectivity index (χ2v) is 6.34. The molecule has 7 heteroatoms. The Labute approximate surface area is 147 Å². The second kappa shape index (κ2) is 7.84. The molecule has 0 unspecified atom stereocenters. The summed E-state index contributed by atoms with van der Waals surface area (Å²) in [6.07, 6.45) is 0.715. The number of benzene rings is 1. The maximum Gasteiger partial charge on any atom is 0.302 e. The number of rotatable bonds is 6. The van der Waals surface area contributed by atoms with Crippen molar-refractivity contribution in [2.24, 2.45) is 0 Å². The van der Waals surface area contributed by atoms with Crippen LogP contribution in [0.4, 0.5) is 0 Å². The van der Waals surface area contributed by atoms with Crippen LogP contribution in [-0.4, -0.2) is 60.2 Å². The molecule has 1 aliphatic rings. The van der Waals surface area contributed by atoms with Gasteiger partial charge in [0.15, 0.2) is 5.78 Å². The van der Waals surface area contributed by atoms with Crippen molar-refractivity contribution in [2.75, 3.05) is 27.3 Å². The third-order valence-electron chi connectivity index (χ3n) is 4.78. The number of carbonyl (C=O) groups excluding carboxylic acids is 2. The molecule has 1 aromatic rings. The highest BCUT2D eigenvalue weighted by molar-refractivity contribution is 6.00. The van der Waals surface area contributed by atoms with Crippen LogP contribution in [0.2, 0.25) is 0 Å². The summed E-state index contributed by atoms with van der Waals surface area (Å²) in [5.41, 5.74) is 1.14. The molecule has 2 rings (SSSR count). The molecule has 0 radical (unpaired) electrons. The molecule has 0 spiro atoms. The number of nitrogens with zero attached hydrogens (tertiary/aromatic N) is 1. The smallest absolute Gasteiger partial charge is 0.302 e. The average Bonchev–Trinajstić information content (AvgIpc) is 2.91. The normalized spacial score (nSPS) is 20.5. The fraction of sp³-hybridized carbons (Fsp3) is 0.556. The SMILES string of the molecule is COc1cc(CO)c([C@@H]2CCN(C)[C@H]2COC(C)=O)c(O)c1C(C)=O. The Morgan fingerprint density at radius 1 is 1.36 bits per heavy atom. The third kappa shape index (κ3) is 3.77. The van der Waals surface area contributed by atoms with Gasteiger partial charge in [-0.05, 0) is 38.6 Å². The second-order valence-electron chi connectivity index (χ2n) is 6.34. The lowest BCUT2D eigenvalue weighted by atomic mass is 9.85. The van der Waals surface area contributed by atoms with Crippen molar-refractivity contribution in [1.82, 2.24) is 4.90 Å². The summed E-state index contributed by atoms with van der Waals surface area (Å²) in [5.74, 6) is -0.784. The van der Waals surface area contributed by atoms with E-state index in [1.165, 1.54) is 21.0 Å². The van der Waals surface area contributed by atoms with Crippen molar-refractivity contribution in [3.63, 3.8) is 0 Å². The number of aliphatic hydroxyl groups is 1. The van der Waals surface area contributed by atoms with Crippen LogP contribution >= 0.6 is 0 Å². The van der Waals surface area contributed by atoms with Gasteiger partial charge in [-0.2, -0.15) is 0 Å². The molecule has 138 valence electrons. The van der Waals surface area contributed by atoms with Gasteiger partial charge < -0.3 is 19.7 Å². The molecule has 1 heterocycles. The molecule has 0 saturated carbocycles. The van der Waals surface area contributed by atoms with Gasteiger partial charge in [0.25, 0.3) is 0 Å². The lowest BCUT2D eigenvalue weighted by molar-refractivity contribution is -0.142. The first-order chi connectivity index (χ1) is 11.8. The van der Waals surface area contributed by atoms with E-state index in [2.05, 4.69) is 0 Å². The third-order valence-corrected chi connectivity index (χ3v) is 4.78. The van der Waals surface area contributed by atoms with Crippen LogP contribution in [-0.2, 0) is 16.1 Å². The summed E-state index contributed by atoms with van der Waals surface area (Å²) in [6, 6.07) is 1.45. The van der Waals surface area contributed by atoms with Gasteiger partial charge in [-0.15, -0.1) is 0 Å². The molecule has 1 saturated heterocycles. The number of aliphatic hydroxyl groups excluding tert-OH is 1. The lowest BCUT2D eigenvalue weighted by Crippen LogP contribution is -2.34. The van der Waals surface area contributed by atoms with E-state index in [9.17, 15) is 19.8 Å². The molecule has 0 aromatic heterocycles. The van der Waals surface area contributed by atoms with Crippen molar-refractivity contribution >= 4 is 11.8 Å². The maximum absolute atomic E-state index is 12.0. The minimum absolute atomic E-state index is 0.107. The average molecular weight is 351 g/mol. The number of likely N-dealkylation sites (N-methyl/N-ethyl adjacent to an activating group) is 1. The Bertz CT molecular complexity index is 672. The number of esters is 1. The van der Waals surface area contributed by atoms with Crippen LogP contribution in [0.25, 0.3) is 0 Å². The minimum Gasteiger partial charge on any atom is -0.507 e. The van der Waals surface area contributed by atoms with Gasteiger partial charge in [-0.25, -0.2) is 0 Å². The Kier molecular flexibility index (Phi) is 6.02. The van der Waals surface area contributed by atoms with E-state index in [4.69, 9.17) is 9.47 Å². The van der Waals surface area contributed by atoms with Gasteiger partial charge in [0, 0.05) is 18.4 Å². The van der Waals surface area contributed by atoms with Gasteiger partial charge in [0.2, 0.25) is 0 Å². The van der Waals surface area contributed by atoms with Crippen molar-refractivity contribution in [3.05, 3.63) is 22.8 Å². The predicted octanol–water partition coefficient (Wildman–Crippen LogP) is 1.45. The number of carbonyl (C=O) groups is 2. The van der Waals surface area contributed by atoms with Crippen LogP contribution < -0.4 is 4.74 Å². The van der Waals surface area contributed by atoms with Crippen LogP contribution in [0, 0.1) is 0 Å². The number of ether oxygens (including phenoxy) is 2. The van der Waals surface area contributed by atoms with E-state index in [0.717, 1.165) is 6.54 Å². The quantitative estimate of drug-likeness (QED) is 0.591. The standard InChI is InChI=1S/C18H25NO6/c1-10(21)16-15(24-4)7-12(8-20)17(18(16)23)13-5-6-19(3)14(13)9-25-11(2)22/h7,13-14,20,23H,5-6,8-9H2,1-4H3/t13-,14+/m1/s1. The molecular weight excluding hydrogens is 326 g/mol. The van der Waals surface area contributed by atoms with Crippen LogP contribution in [0.5, 0.6) is 11.5 Å². The van der Waals surface area contributed by atoms with Gasteiger partial charge in [-0.1, -0.05) is 0 Å². The summed E-state index contributed by atoms with van der Waals surface area (Å²) in [4.78, 5) is 25.2. The molecule has 1 aromatic carbocycles. The Hall–Kier alpha value is -2.12. The van der Waals surface area contributed by atoms with Crippen molar-refractivity contribution in [3.8, 4) is 11.5 Å². The molecule has 1 fully saturated rings. The topological polar surface area (TPSA) is 96.3 Å². The molecule has 2 atom stereocenters. The largest absolute Gasteiger partial charge is 0.507 e. The highest BCUT2D eigenvalue weighted by Gasteiger charge is 2.38. The molecule has 0 amide bonds. The molecule has 25 heavy (non-hydrogen) atoms. The molecule has 7 nitrogen and oxygen atoms in total. The van der Waals surface area contributed by atoms with E-state index < -0.39 is 0 Å². The number of methoxy groups -OCH3 is 1. The summed E-state index contributed by atoms with van der Waals surface area (Å²) in [6.45, 7) is 3.35. The van der Waals surface area contributed by atoms with Crippen LogP contribution in [0.3, 0.4) is 0 Å². The minimum atomic E-state index is -0.371. The number of aromatic hydroxyl groups is 1. The number of phenols is 1. The molecule has 0 bridgehead atoms. The van der Waals surface area contributed by atoms with E-state index in [-0.39, 0.29) is 54.0 Å². The Morgan fingerprint density at radius 3 is 2.56 bits per heavy atom. The van der Waals surface area contributed by atoms with E-state index >= 15 is 0 Å². The predicted molar refractivity (Wildman–Crippen MR) is 91.0 cm³/mol. The van der Waals surface area contributed by atoms with Crippen molar-refractivity contribution < 1.29 is 29.3 Å². The number of likely N-dealkylation sites (tertiary alicyclic amines) is 1. The van der Waals surface area contributed by atoms with Crippen LogP contribution in [0.15, 0.2) is 6.07 Å². The zero-order valence-electron chi connectivity index (χ0n) is 15.0. The zero-order chi connectivity index (χ0) is 18.7. The highest BCUT2D eigenvalue weighted by Crippen LogP contribution is 2.44. The first kappa shape index (κ1) is 19.2. The summed E-state index contributed by atoms with van der Waals surface area (Å²) < 4.78 is 10.4.